The number of aromatic hydroxyl groups is 1. The largest absolute Gasteiger partial charge is 0.494 e. The zero-order chi connectivity index (χ0) is 28.6. The van der Waals surface area contributed by atoms with Crippen LogP contribution in [0.15, 0.2) is 76.6 Å². The van der Waals surface area contributed by atoms with Gasteiger partial charge in [-0.25, -0.2) is 4.39 Å². The van der Waals surface area contributed by atoms with E-state index in [1.165, 1.54) is 16.7 Å². The Balaban J connectivity index is 1.69. The Morgan fingerprint density at radius 1 is 0.900 bits per heavy atom. The van der Waals surface area contributed by atoms with Gasteiger partial charge >= 0.3 is 0 Å². The minimum Gasteiger partial charge on any atom is -0.494 e. The summed E-state index contributed by atoms with van der Waals surface area (Å²) in [4.78, 5) is 30.2. The first kappa shape index (κ1) is 26.8. The molecule has 204 valence electrons. The predicted molar refractivity (Wildman–Crippen MR) is 152 cm³/mol. The van der Waals surface area contributed by atoms with Crippen LogP contribution in [0.3, 0.4) is 0 Å². The molecule has 0 aliphatic heterocycles. The zero-order valence-corrected chi connectivity index (χ0v) is 22.8. The van der Waals surface area contributed by atoms with E-state index < -0.39 is 11.4 Å². The van der Waals surface area contributed by atoms with Crippen molar-refractivity contribution in [2.24, 2.45) is 14.1 Å². The minimum absolute atomic E-state index is 0.0325. The molecule has 0 spiro atoms. The van der Waals surface area contributed by atoms with Gasteiger partial charge in [-0.1, -0.05) is 44.2 Å². The maximum atomic E-state index is 15.4. The Morgan fingerprint density at radius 2 is 1.62 bits per heavy atom. The Labute approximate surface area is 230 Å². The van der Waals surface area contributed by atoms with Crippen LogP contribution >= 0.6 is 0 Å². The first-order valence-electron chi connectivity index (χ1n) is 13.1. The lowest BCUT2D eigenvalue weighted by Crippen LogP contribution is -2.22. The first-order valence-corrected chi connectivity index (χ1v) is 13.1. The molecule has 5 aromatic rings. The summed E-state index contributed by atoms with van der Waals surface area (Å²) in [5.74, 6) is -0.694. The number of nitrogens with zero attached hydrogens (tertiary/aromatic N) is 5. The molecule has 0 unspecified atom stereocenters. The van der Waals surface area contributed by atoms with Crippen molar-refractivity contribution >= 4 is 0 Å². The molecule has 0 radical (unpaired) electrons. The van der Waals surface area contributed by atoms with Crippen molar-refractivity contribution in [1.82, 2.24) is 23.9 Å². The first-order chi connectivity index (χ1) is 19.2. The van der Waals surface area contributed by atoms with Gasteiger partial charge in [-0.3, -0.25) is 18.8 Å². The molecule has 1 N–H and O–H groups in total. The van der Waals surface area contributed by atoms with Crippen LogP contribution in [-0.4, -0.2) is 29.0 Å². The normalized spacial score (nSPS) is 11.2. The van der Waals surface area contributed by atoms with Crippen molar-refractivity contribution in [3.63, 3.8) is 0 Å². The maximum absolute atomic E-state index is 15.4. The third kappa shape index (κ3) is 4.75. The Hall–Kier alpha value is -4.79. The van der Waals surface area contributed by atoms with Crippen LogP contribution in [0.25, 0.3) is 28.3 Å². The lowest BCUT2D eigenvalue weighted by Gasteiger charge is -2.21. The van der Waals surface area contributed by atoms with E-state index in [-0.39, 0.29) is 34.8 Å². The summed E-state index contributed by atoms with van der Waals surface area (Å²) >= 11 is 0. The SMILES string of the molecule is CCc1cccc(CC)c1-n1c(-c2ccn(C)n2)nc(=O)c(Cc2ccc(-c3cccn(C)c3=O)cc2F)c1O. The van der Waals surface area contributed by atoms with Gasteiger partial charge in [0.25, 0.3) is 11.1 Å². The molecule has 8 nitrogen and oxygen atoms in total. The van der Waals surface area contributed by atoms with Gasteiger partial charge in [0.2, 0.25) is 5.88 Å². The number of halogens is 1. The molecular weight excluding hydrogens is 509 g/mol. The molecule has 0 fully saturated rings. The summed E-state index contributed by atoms with van der Waals surface area (Å²) in [6.45, 7) is 4.03. The number of para-hydroxylation sites is 1. The highest BCUT2D eigenvalue weighted by atomic mass is 19.1. The van der Waals surface area contributed by atoms with Crippen molar-refractivity contribution in [3.8, 4) is 34.2 Å². The number of hydrogen-bond donors (Lipinski definition) is 1. The highest BCUT2D eigenvalue weighted by Crippen LogP contribution is 2.33. The smallest absolute Gasteiger partial charge is 0.280 e. The van der Waals surface area contributed by atoms with Crippen LogP contribution in [-0.2, 0) is 33.4 Å². The lowest BCUT2D eigenvalue weighted by molar-refractivity contribution is 0.428. The number of rotatable bonds is 7. The fourth-order valence-corrected chi connectivity index (χ4v) is 4.99. The molecule has 0 saturated heterocycles. The van der Waals surface area contributed by atoms with Gasteiger partial charge in [0.05, 0.1) is 11.3 Å². The van der Waals surface area contributed by atoms with Crippen molar-refractivity contribution < 1.29 is 9.50 Å². The van der Waals surface area contributed by atoms with Gasteiger partial charge < -0.3 is 9.67 Å². The van der Waals surface area contributed by atoms with E-state index in [1.807, 2.05) is 32.0 Å². The van der Waals surface area contributed by atoms with Gasteiger partial charge in [0.1, 0.15) is 11.5 Å². The van der Waals surface area contributed by atoms with Crippen LogP contribution in [0.2, 0.25) is 0 Å². The van der Waals surface area contributed by atoms with E-state index in [4.69, 9.17) is 0 Å². The standard InChI is InChI=1S/C31H30FN5O3/c1-5-19-9-7-10-20(6-2)27(19)37-28(26-14-16-36(4)34-26)33-29(38)24(31(37)40)17-22-13-12-21(18-25(22)32)23-11-8-15-35(3)30(23)39/h7-16,18,40H,5-6,17H2,1-4H3. The van der Waals surface area contributed by atoms with Crippen LogP contribution in [0.1, 0.15) is 36.1 Å². The highest BCUT2D eigenvalue weighted by Gasteiger charge is 2.24. The molecule has 0 aliphatic rings. The summed E-state index contributed by atoms with van der Waals surface area (Å²) in [5.41, 5.74) is 3.13. The van der Waals surface area contributed by atoms with E-state index in [1.54, 1.807) is 60.0 Å². The molecule has 3 heterocycles. The van der Waals surface area contributed by atoms with Gasteiger partial charge in [-0.05, 0) is 59.4 Å². The third-order valence-electron chi connectivity index (χ3n) is 7.15. The predicted octanol–water partition coefficient (Wildman–Crippen LogP) is 4.56. The summed E-state index contributed by atoms with van der Waals surface area (Å²) in [6, 6.07) is 15.4. The second kappa shape index (κ2) is 10.8. The molecule has 2 aromatic carbocycles. The molecule has 9 heteroatoms. The number of aryl methyl sites for hydroxylation is 4. The summed E-state index contributed by atoms with van der Waals surface area (Å²) in [5, 5.41) is 16.1. The number of aromatic nitrogens is 5. The average molecular weight is 540 g/mol. The maximum Gasteiger partial charge on any atom is 0.280 e. The monoisotopic (exact) mass is 539 g/mol. The van der Waals surface area contributed by atoms with E-state index in [9.17, 15) is 14.7 Å². The molecule has 0 saturated carbocycles. The fraction of sp³-hybridized carbons (Fsp3) is 0.226. The number of pyridine rings is 1. The average Bonchev–Trinajstić information content (AvgIpc) is 3.38. The van der Waals surface area contributed by atoms with Crippen molar-refractivity contribution in [1.29, 1.82) is 0 Å². The topological polar surface area (TPSA) is 94.9 Å². The van der Waals surface area contributed by atoms with Gasteiger partial charge in [-0.2, -0.15) is 10.1 Å². The molecule has 3 aromatic heterocycles. The van der Waals surface area contributed by atoms with E-state index >= 15 is 4.39 Å². The van der Waals surface area contributed by atoms with Crippen molar-refractivity contribution in [2.75, 3.05) is 0 Å². The molecule has 0 atom stereocenters. The van der Waals surface area contributed by atoms with Crippen LogP contribution < -0.4 is 11.1 Å². The Bertz CT molecular complexity index is 1830. The number of hydrogen-bond acceptors (Lipinski definition) is 5. The van der Waals surface area contributed by atoms with Crippen LogP contribution in [0, 0.1) is 5.82 Å². The molecular formula is C31H30FN5O3. The molecule has 40 heavy (non-hydrogen) atoms. The fourth-order valence-electron chi connectivity index (χ4n) is 4.99. The van der Waals surface area contributed by atoms with Gasteiger partial charge in [0, 0.05) is 38.5 Å². The minimum atomic E-state index is -0.665. The van der Waals surface area contributed by atoms with Gasteiger partial charge in [-0.15, -0.1) is 0 Å². The van der Waals surface area contributed by atoms with Crippen LogP contribution in [0.5, 0.6) is 5.88 Å². The van der Waals surface area contributed by atoms with Gasteiger partial charge in [0.15, 0.2) is 5.82 Å². The quantitative estimate of drug-likeness (QED) is 0.327. The lowest BCUT2D eigenvalue weighted by atomic mass is 10.00. The summed E-state index contributed by atoms with van der Waals surface area (Å²) in [7, 11) is 3.39. The van der Waals surface area contributed by atoms with Crippen LogP contribution in [0.4, 0.5) is 4.39 Å². The van der Waals surface area contributed by atoms with E-state index in [0.717, 1.165) is 16.8 Å². The van der Waals surface area contributed by atoms with E-state index in [0.29, 0.717) is 29.7 Å². The second-order valence-corrected chi connectivity index (χ2v) is 9.71. The van der Waals surface area contributed by atoms with Crippen molar-refractivity contribution in [3.05, 3.63) is 116 Å². The Kier molecular flexibility index (Phi) is 7.21. The molecule has 0 aliphatic carbocycles. The molecule has 0 amide bonds. The highest BCUT2D eigenvalue weighted by molar-refractivity contribution is 5.64. The number of benzene rings is 2. The third-order valence-corrected chi connectivity index (χ3v) is 7.15. The molecule has 0 bridgehead atoms. The van der Waals surface area contributed by atoms with Crippen molar-refractivity contribution in [2.45, 2.75) is 33.1 Å². The second-order valence-electron chi connectivity index (χ2n) is 9.71. The van der Waals surface area contributed by atoms with E-state index in [2.05, 4.69) is 10.1 Å². The summed E-state index contributed by atoms with van der Waals surface area (Å²) < 4.78 is 20.0. The summed E-state index contributed by atoms with van der Waals surface area (Å²) in [6.07, 6.45) is 4.54. The Morgan fingerprint density at radius 3 is 2.25 bits per heavy atom. The zero-order valence-electron chi connectivity index (χ0n) is 22.8. The molecule has 5 rings (SSSR count).